The van der Waals surface area contributed by atoms with Gasteiger partial charge in [-0.3, -0.25) is 0 Å². The van der Waals surface area contributed by atoms with Crippen molar-refractivity contribution < 1.29 is 26.3 Å². The Morgan fingerprint density at radius 3 is 1.64 bits per heavy atom. The van der Waals surface area contributed by atoms with E-state index < -0.39 is 18.8 Å². The van der Waals surface area contributed by atoms with Crippen LogP contribution in [0.4, 0.5) is 26.3 Å². The average molecular weight is 176 g/mol. The van der Waals surface area contributed by atoms with Crippen LogP contribution in [0.25, 0.3) is 0 Å². The summed E-state index contributed by atoms with van der Waals surface area (Å²) in [5.74, 6) is -3.46. The Bertz CT molecular complexity index is 179. The summed E-state index contributed by atoms with van der Waals surface area (Å²) in [5, 5.41) is 0. The Morgan fingerprint density at radius 1 is 0.909 bits per heavy atom. The highest BCUT2D eigenvalue weighted by atomic mass is 19.4. The molecule has 0 bridgehead atoms. The van der Waals surface area contributed by atoms with Crippen molar-refractivity contribution in [3.05, 3.63) is 0 Å². The zero-order valence-electron chi connectivity index (χ0n) is 4.97. The second-order valence-electron chi connectivity index (χ2n) is 1.59. The molecular formula is C5H2F6. The lowest BCUT2D eigenvalue weighted by molar-refractivity contribution is -0.0709. The summed E-state index contributed by atoms with van der Waals surface area (Å²) in [7, 11) is 0. The molecule has 0 amide bonds. The third-order valence-electron chi connectivity index (χ3n) is 0.555. The molecule has 0 nitrogen and oxygen atoms in total. The summed E-state index contributed by atoms with van der Waals surface area (Å²) in [4.78, 5) is 0. The first-order valence-corrected chi connectivity index (χ1v) is 2.32. The van der Waals surface area contributed by atoms with E-state index in [1.165, 1.54) is 0 Å². The highest BCUT2D eigenvalue weighted by molar-refractivity contribution is 5.13. The van der Waals surface area contributed by atoms with E-state index in [2.05, 4.69) is 0 Å². The maximum Gasteiger partial charge on any atom is 0.457 e. The molecule has 0 aromatic carbocycles. The van der Waals surface area contributed by atoms with Crippen molar-refractivity contribution in [3.63, 3.8) is 0 Å². The lowest BCUT2D eigenvalue weighted by Crippen LogP contribution is -2.17. The molecule has 0 N–H and O–H groups in total. The summed E-state index contributed by atoms with van der Waals surface area (Å²) in [6.07, 6.45) is -5.00. The van der Waals surface area contributed by atoms with Crippen molar-refractivity contribution >= 4 is 0 Å². The van der Waals surface area contributed by atoms with E-state index in [0.29, 0.717) is 5.92 Å². The average Bonchev–Trinajstić information content (AvgIpc) is 1.83. The van der Waals surface area contributed by atoms with Crippen molar-refractivity contribution in [1.29, 1.82) is 0 Å². The third kappa shape index (κ3) is 5.58. The van der Waals surface area contributed by atoms with Gasteiger partial charge >= 0.3 is 12.1 Å². The zero-order chi connectivity index (χ0) is 9.12. The number of hydrogen-bond donors (Lipinski definition) is 0. The predicted molar refractivity (Wildman–Crippen MR) is 24.8 cm³/mol. The normalized spacial score (nSPS) is 12.2. The van der Waals surface area contributed by atoms with Gasteiger partial charge in [0.2, 0.25) is 0 Å². The molecular weight excluding hydrogens is 174 g/mol. The molecule has 0 unspecified atom stereocenters. The summed E-state index contributed by atoms with van der Waals surface area (Å²) in [6, 6.07) is 0. The monoisotopic (exact) mass is 176 g/mol. The van der Waals surface area contributed by atoms with E-state index in [-0.39, 0.29) is 5.92 Å². The first kappa shape index (κ1) is 10.1. The fourth-order valence-corrected chi connectivity index (χ4v) is 0.196. The molecule has 0 fully saturated rings. The second-order valence-corrected chi connectivity index (χ2v) is 1.59. The van der Waals surface area contributed by atoms with Crippen molar-refractivity contribution in [1.82, 2.24) is 0 Å². The van der Waals surface area contributed by atoms with Crippen LogP contribution < -0.4 is 0 Å². The van der Waals surface area contributed by atoms with Gasteiger partial charge < -0.3 is 0 Å². The SMILES string of the molecule is FCC(F)(F)C#CC(F)(F)F. The van der Waals surface area contributed by atoms with Gasteiger partial charge in [-0.2, -0.15) is 22.0 Å². The minimum Gasteiger partial charge on any atom is -0.243 e. The van der Waals surface area contributed by atoms with Gasteiger partial charge in [-0.05, 0) is 5.92 Å². The molecule has 0 aliphatic rings. The standard InChI is InChI=1S/C5H2F6/c6-3-4(7,8)1-2-5(9,10)11/h3H2. The molecule has 11 heavy (non-hydrogen) atoms. The Balaban J connectivity index is 4.29. The number of halogens is 6. The van der Waals surface area contributed by atoms with Crippen LogP contribution in [0.5, 0.6) is 0 Å². The van der Waals surface area contributed by atoms with Crippen LogP contribution >= 0.6 is 0 Å². The van der Waals surface area contributed by atoms with Gasteiger partial charge in [0.1, 0.15) is 0 Å². The van der Waals surface area contributed by atoms with Crippen LogP contribution in [0.1, 0.15) is 0 Å². The van der Waals surface area contributed by atoms with E-state index in [0.717, 1.165) is 0 Å². The van der Waals surface area contributed by atoms with Crippen molar-refractivity contribution in [2.24, 2.45) is 0 Å². The van der Waals surface area contributed by atoms with Crippen LogP contribution in [0.15, 0.2) is 0 Å². The van der Waals surface area contributed by atoms with E-state index in [1.807, 2.05) is 0 Å². The van der Waals surface area contributed by atoms with E-state index in [1.54, 1.807) is 0 Å². The van der Waals surface area contributed by atoms with E-state index >= 15 is 0 Å². The van der Waals surface area contributed by atoms with Crippen LogP contribution in [-0.4, -0.2) is 18.8 Å². The second kappa shape index (κ2) is 3.03. The topological polar surface area (TPSA) is 0 Å². The molecule has 0 saturated heterocycles. The molecule has 0 aromatic heterocycles. The van der Waals surface area contributed by atoms with Crippen molar-refractivity contribution in [2.45, 2.75) is 12.1 Å². The van der Waals surface area contributed by atoms with Gasteiger partial charge in [0.15, 0.2) is 6.67 Å². The van der Waals surface area contributed by atoms with E-state index in [9.17, 15) is 26.3 Å². The molecule has 0 aromatic rings. The minimum atomic E-state index is -5.00. The van der Waals surface area contributed by atoms with Crippen LogP contribution in [-0.2, 0) is 0 Å². The van der Waals surface area contributed by atoms with Gasteiger partial charge in [-0.1, -0.05) is 0 Å². The molecule has 64 valence electrons. The largest absolute Gasteiger partial charge is 0.457 e. The van der Waals surface area contributed by atoms with Gasteiger partial charge in [0.05, 0.1) is 0 Å². The summed E-state index contributed by atoms with van der Waals surface area (Å²) < 4.78 is 67.7. The Kier molecular flexibility index (Phi) is 2.79. The summed E-state index contributed by atoms with van der Waals surface area (Å²) in [5.41, 5.74) is 0. The Morgan fingerprint density at radius 2 is 1.36 bits per heavy atom. The molecule has 0 rings (SSSR count). The van der Waals surface area contributed by atoms with Gasteiger partial charge in [-0.25, -0.2) is 4.39 Å². The van der Waals surface area contributed by atoms with Gasteiger partial charge in [0, 0.05) is 5.92 Å². The van der Waals surface area contributed by atoms with Crippen LogP contribution in [0.2, 0.25) is 0 Å². The van der Waals surface area contributed by atoms with Crippen LogP contribution in [0, 0.1) is 11.8 Å². The minimum absolute atomic E-state index is 0.273. The Hall–Kier alpha value is -0.860. The summed E-state index contributed by atoms with van der Waals surface area (Å²) in [6.45, 7) is -2.21. The van der Waals surface area contributed by atoms with E-state index in [4.69, 9.17) is 0 Å². The number of hydrogen-bond acceptors (Lipinski definition) is 0. The quantitative estimate of drug-likeness (QED) is 0.424. The predicted octanol–water partition coefficient (Wildman–Crippen LogP) is 2.16. The molecule has 0 heterocycles. The molecule has 0 saturated carbocycles. The first-order chi connectivity index (χ1) is 4.77. The number of rotatable bonds is 1. The Labute approximate surface area is 58.2 Å². The van der Waals surface area contributed by atoms with Gasteiger partial charge in [-0.15, -0.1) is 0 Å². The van der Waals surface area contributed by atoms with Crippen molar-refractivity contribution in [3.8, 4) is 11.8 Å². The highest BCUT2D eigenvalue weighted by Crippen LogP contribution is 2.16. The smallest absolute Gasteiger partial charge is 0.243 e. The summed E-state index contributed by atoms with van der Waals surface area (Å²) >= 11 is 0. The lowest BCUT2D eigenvalue weighted by Gasteiger charge is -2.01. The molecule has 0 spiro atoms. The fourth-order valence-electron chi connectivity index (χ4n) is 0.196. The van der Waals surface area contributed by atoms with Crippen LogP contribution in [0.3, 0.4) is 0 Å². The highest BCUT2D eigenvalue weighted by Gasteiger charge is 2.29. The maximum absolute atomic E-state index is 11.6. The molecule has 0 aliphatic heterocycles. The molecule has 6 heteroatoms. The molecule has 0 radical (unpaired) electrons. The third-order valence-corrected chi connectivity index (χ3v) is 0.555. The number of alkyl halides is 6. The first-order valence-electron chi connectivity index (χ1n) is 2.32. The molecule has 0 atom stereocenters. The van der Waals surface area contributed by atoms with Crippen molar-refractivity contribution in [2.75, 3.05) is 6.67 Å². The lowest BCUT2D eigenvalue weighted by atomic mass is 10.4. The molecule has 0 aliphatic carbocycles. The maximum atomic E-state index is 11.6. The fraction of sp³-hybridized carbons (Fsp3) is 0.600. The zero-order valence-corrected chi connectivity index (χ0v) is 4.97. The van der Waals surface area contributed by atoms with Gasteiger partial charge in [0.25, 0.3) is 0 Å².